The number of carbonyl (C=O) groups is 2. The monoisotopic (exact) mass is 214 g/mol. The Kier molecular flexibility index (Phi) is 3.65. The molecule has 6 heteroatoms. The van der Waals surface area contributed by atoms with Gasteiger partial charge < -0.3 is 16.1 Å². The summed E-state index contributed by atoms with van der Waals surface area (Å²) in [5.41, 5.74) is 0. The van der Waals surface area contributed by atoms with E-state index in [2.05, 4.69) is 5.10 Å². The van der Waals surface area contributed by atoms with Crippen LogP contribution in [-0.2, 0) is 9.59 Å². The van der Waals surface area contributed by atoms with Gasteiger partial charge in [0.25, 0.3) is 0 Å². The second-order valence-corrected chi connectivity index (χ2v) is 3.75. The summed E-state index contributed by atoms with van der Waals surface area (Å²) in [4.78, 5) is 21.6. The lowest BCUT2D eigenvalue weighted by Gasteiger charge is -2.29. The molecule has 0 bridgehead atoms. The van der Waals surface area contributed by atoms with Crippen molar-refractivity contribution in [2.45, 2.75) is 19.3 Å². The van der Waals surface area contributed by atoms with Gasteiger partial charge in [0.2, 0.25) is 0 Å². The number of aliphatic carboxylic acids is 2. The predicted molar refractivity (Wildman–Crippen MR) is 52.3 cm³/mol. The Hall–Kier alpha value is -1.59. The highest BCUT2D eigenvalue weighted by molar-refractivity contribution is 5.78. The van der Waals surface area contributed by atoms with Crippen molar-refractivity contribution < 1.29 is 19.8 Å². The minimum atomic E-state index is -0.981. The van der Waals surface area contributed by atoms with Crippen LogP contribution >= 0.6 is 0 Å². The van der Waals surface area contributed by atoms with E-state index < -0.39 is 23.8 Å². The fourth-order valence-electron chi connectivity index (χ4n) is 1.99. The fourth-order valence-corrected chi connectivity index (χ4v) is 1.99. The van der Waals surface area contributed by atoms with E-state index in [1.807, 2.05) is 0 Å². The third kappa shape index (κ3) is 2.68. The summed E-state index contributed by atoms with van der Waals surface area (Å²) in [5, 5.41) is 21.1. The Bertz CT molecular complexity index is 290. The normalized spacial score (nSPS) is 31.6. The summed E-state index contributed by atoms with van der Waals surface area (Å²) in [6, 6.07) is 0. The van der Waals surface area contributed by atoms with E-state index in [-0.39, 0.29) is 12.3 Å². The van der Waals surface area contributed by atoms with Crippen LogP contribution in [0.3, 0.4) is 0 Å². The van der Waals surface area contributed by atoms with Crippen molar-refractivity contribution in [1.82, 2.24) is 0 Å². The Morgan fingerprint density at radius 2 is 1.93 bits per heavy atom. The van der Waals surface area contributed by atoms with E-state index in [4.69, 9.17) is 16.1 Å². The Morgan fingerprint density at radius 3 is 2.40 bits per heavy atom. The first-order chi connectivity index (χ1) is 7.06. The number of nitrogens with two attached hydrogens (primary N) is 1. The molecule has 0 aromatic heterocycles. The van der Waals surface area contributed by atoms with Crippen LogP contribution in [0.1, 0.15) is 19.3 Å². The van der Waals surface area contributed by atoms with Crippen molar-refractivity contribution in [3.8, 4) is 0 Å². The van der Waals surface area contributed by atoms with Gasteiger partial charge in [-0.3, -0.25) is 9.59 Å². The highest BCUT2D eigenvalue weighted by Gasteiger charge is 2.37. The lowest BCUT2D eigenvalue weighted by Crippen LogP contribution is -2.34. The van der Waals surface area contributed by atoms with Gasteiger partial charge in [0, 0.05) is 12.1 Å². The van der Waals surface area contributed by atoms with Crippen LogP contribution in [-0.4, -0.2) is 28.4 Å². The lowest BCUT2D eigenvalue weighted by molar-refractivity contribution is -0.148. The first-order valence-corrected chi connectivity index (χ1v) is 4.75. The molecule has 0 aromatic carbocycles. The number of rotatable bonds is 3. The molecule has 0 spiro atoms. The number of hydrogen-bond donors (Lipinski definition) is 3. The molecule has 0 heterocycles. The van der Waals surface area contributed by atoms with Crippen LogP contribution < -0.4 is 5.84 Å². The quantitative estimate of drug-likeness (QED) is 0.351. The van der Waals surface area contributed by atoms with Gasteiger partial charge in [-0.15, -0.1) is 0 Å². The van der Waals surface area contributed by atoms with Crippen LogP contribution in [0.25, 0.3) is 0 Å². The molecule has 3 atom stereocenters. The number of nitrogens with zero attached hydrogens (tertiary/aromatic N) is 1. The van der Waals surface area contributed by atoms with Gasteiger partial charge in [0.1, 0.15) is 0 Å². The zero-order valence-electron chi connectivity index (χ0n) is 8.17. The molecule has 0 aromatic rings. The minimum absolute atomic E-state index is 0.154. The summed E-state index contributed by atoms with van der Waals surface area (Å²) >= 11 is 0. The van der Waals surface area contributed by atoms with E-state index in [1.54, 1.807) is 0 Å². The van der Waals surface area contributed by atoms with E-state index in [0.29, 0.717) is 12.8 Å². The van der Waals surface area contributed by atoms with Gasteiger partial charge in [0.15, 0.2) is 0 Å². The Labute approximate surface area is 86.8 Å². The molecule has 3 unspecified atom stereocenters. The third-order valence-electron chi connectivity index (χ3n) is 2.85. The molecule has 0 aliphatic heterocycles. The average Bonchev–Trinajstić information content (AvgIpc) is 2.18. The molecule has 1 rings (SSSR count). The summed E-state index contributed by atoms with van der Waals surface area (Å²) in [6.45, 7) is 0. The van der Waals surface area contributed by atoms with Gasteiger partial charge in [-0.1, -0.05) is 0 Å². The third-order valence-corrected chi connectivity index (χ3v) is 2.85. The zero-order chi connectivity index (χ0) is 11.4. The first-order valence-electron chi connectivity index (χ1n) is 4.75. The van der Waals surface area contributed by atoms with Crippen molar-refractivity contribution in [3.05, 3.63) is 0 Å². The molecule has 6 nitrogen and oxygen atoms in total. The minimum Gasteiger partial charge on any atom is -0.481 e. The van der Waals surface area contributed by atoms with Gasteiger partial charge in [0.05, 0.1) is 11.8 Å². The molecule has 1 aliphatic carbocycles. The van der Waals surface area contributed by atoms with Gasteiger partial charge in [-0.25, -0.2) is 0 Å². The van der Waals surface area contributed by atoms with Gasteiger partial charge >= 0.3 is 11.9 Å². The number of carboxylic acids is 2. The molecule has 0 saturated heterocycles. The highest BCUT2D eigenvalue weighted by Crippen LogP contribution is 2.33. The summed E-state index contributed by atoms with van der Waals surface area (Å²) in [7, 11) is 0. The fraction of sp³-hybridized carbons (Fsp3) is 0.667. The highest BCUT2D eigenvalue weighted by atomic mass is 16.4. The van der Waals surface area contributed by atoms with E-state index >= 15 is 0 Å². The van der Waals surface area contributed by atoms with Crippen molar-refractivity contribution in [1.29, 1.82) is 0 Å². The predicted octanol–water partition coefficient (Wildman–Crippen LogP) is 0.133. The molecular formula is C9H14N2O4. The molecular weight excluding hydrogens is 200 g/mol. The molecule has 84 valence electrons. The zero-order valence-corrected chi connectivity index (χ0v) is 8.17. The average molecular weight is 214 g/mol. The van der Waals surface area contributed by atoms with Crippen LogP contribution in [0.4, 0.5) is 0 Å². The molecule has 0 amide bonds. The standard InChI is InChI=1S/C9H14N2O4/c10-11-4-6-2-1-5(8(12)13)3-7(6)9(14)15/h4-7H,1-3,10H2,(H,12,13)(H,14,15). The Morgan fingerprint density at radius 1 is 1.27 bits per heavy atom. The van der Waals surface area contributed by atoms with Crippen LogP contribution in [0.2, 0.25) is 0 Å². The summed E-state index contributed by atoms with van der Waals surface area (Å²) in [5.74, 6) is 1.57. The molecule has 4 N–H and O–H groups in total. The molecule has 1 saturated carbocycles. The van der Waals surface area contributed by atoms with Gasteiger partial charge in [-0.2, -0.15) is 5.10 Å². The number of hydrogen-bond acceptors (Lipinski definition) is 4. The maximum absolute atomic E-state index is 10.9. The second kappa shape index (κ2) is 4.77. The number of hydrazone groups is 1. The summed E-state index contributed by atoms with van der Waals surface area (Å²) < 4.78 is 0. The maximum atomic E-state index is 10.9. The van der Waals surface area contributed by atoms with Crippen molar-refractivity contribution in [2.24, 2.45) is 28.7 Å². The summed E-state index contributed by atoms with van der Waals surface area (Å²) in [6.07, 6.45) is 2.54. The molecule has 1 aliphatic rings. The van der Waals surface area contributed by atoms with E-state index in [9.17, 15) is 9.59 Å². The maximum Gasteiger partial charge on any atom is 0.307 e. The Balaban J connectivity index is 2.73. The molecule has 15 heavy (non-hydrogen) atoms. The van der Waals surface area contributed by atoms with Crippen LogP contribution in [0.5, 0.6) is 0 Å². The number of carboxylic acid groups (broad SMARTS) is 2. The van der Waals surface area contributed by atoms with Crippen molar-refractivity contribution >= 4 is 18.2 Å². The van der Waals surface area contributed by atoms with E-state index in [1.165, 1.54) is 6.21 Å². The second-order valence-electron chi connectivity index (χ2n) is 3.75. The van der Waals surface area contributed by atoms with Crippen LogP contribution in [0, 0.1) is 17.8 Å². The van der Waals surface area contributed by atoms with Gasteiger partial charge in [-0.05, 0) is 19.3 Å². The van der Waals surface area contributed by atoms with Crippen LogP contribution in [0.15, 0.2) is 5.10 Å². The topological polar surface area (TPSA) is 113 Å². The van der Waals surface area contributed by atoms with Crippen molar-refractivity contribution in [2.75, 3.05) is 0 Å². The smallest absolute Gasteiger partial charge is 0.307 e. The largest absolute Gasteiger partial charge is 0.481 e. The molecule has 1 fully saturated rings. The SMILES string of the molecule is NN=CC1CCC(C(=O)O)CC1C(=O)O. The lowest BCUT2D eigenvalue weighted by atomic mass is 9.74. The molecule has 0 radical (unpaired) electrons. The first kappa shape index (κ1) is 11.5. The van der Waals surface area contributed by atoms with Crippen molar-refractivity contribution in [3.63, 3.8) is 0 Å². The van der Waals surface area contributed by atoms with E-state index in [0.717, 1.165) is 0 Å².